The molecule has 2 heterocycles. The number of nitrogens with one attached hydrogen (secondary N) is 1. The van der Waals surface area contributed by atoms with Crippen molar-refractivity contribution in [3.63, 3.8) is 0 Å². The predicted octanol–water partition coefficient (Wildman–Crippen LogP) is 3.52. The van der Waals surface area contributed by atoms with Gasteiger partial charge in [0.1, 0.15) is 9.71 Å². The van der Waals surface area contributed by atoms with Crippen LogP contribution in [0.2, 0.25) is 10.0 Å². The second-order valence-corrected chi connectivity index (χ2v) is 6.82. The fourth-order valence-electron chi connectivity index (χ4n) is 2.28. The van der Waals surface area contributed by atoms with Gasteiger partial charge in [0, 0.05) is 12.6 Å². The van der Waals surface area contributed by atoms with Crippen LogP contribution in [0.15, 0.2) is 18.2 Å². The number of halogens is 2. The second kappa shape index (κ2) is 6.94. The lowest BCUT2D eigenvalue weighted by molar-refractivity contribution is 0.0644. The van der Waals surface area contributed by atoms with Gasteiger partial charge >= 0.3 is 12.1 Å². The van der Waals surface area contributed by atoms with E-state index in [1.54, 1.807) is 25.2 Å². The summed E-state index contributed by atoms with van der Waals surface area (Å²) in [6, 6.07) is 4.97. The summed E-state index contributed by atoms with van der Waals surface area (Å²) in [5, 5.41) is 4.00. The Hall–Kier alpha value is -2.62. The average molecular weight is 412 g/mol. The number of benzene rings is 1. The SMILES string of the molecule is CNc1nc(-c2ccc(Cl)c(Cl)c2)c2c(N)c(C(=O)OC(N)=O)sc2n1. The summed E-state index contributed by atoms with van der Waals surface area (Å²) in [6.07, 6.45) is -1.22. The van der Waals surface area contributed by atoms with Gasteiger partial charge in [0.25, 0.3) is 0 Å². The monoisotopic (exact) mass is 411 g/mol. The van der Waals surface area contributed by atoms with Crippen molar-refractivity contribution in [1.29, 1.82) is 0 Å². The van der Waals surface area contributed by atoms with Crippen LogP contribution < -0.4 is 16.8 Å². The highest BCUT2D eigenvalue weighted by Gasteiger charge is 2.24. The normalized spacial score (nSPS) is 10.7. The molecule has 5 N–H and O–H groups in total. The molecular formula is C15H11Cl2N5O3S. The summed E-state index contributed by atoms with van der Waals surface area (Å²) in [5.41, 5.74) is 12.2. The van der Waals surface area contributed by atoms with Crippen LogP contribution >= 0.6 is 34.5 Å². The maximum Gasteiger partial charge on any atom is 0.412 e. The third kappa shape index (κ3) is 3.24. The minimum atomic E-state index is -1.22. The number of nitrogen functional groups attached to an aromatic ring is 1. The Balaban J connectivity index is 2.27. The van der Waals surface area contributed by atoms with Crippen LogP contribution in [0.4, 0.5) is 16.4 Å². The number of hydrogen-bond acceptors (Lipinski definition) is 8. The number of anilines is 2. The highest BCUT2D eigenvalue weighted by Crippen LogP contribution is 2.40. The Kier molecular flexibility index (Phi) is 4.86. The number of rotatable bonds is 3. The zero-order valence-corrected chi connectivity index (χ0v) is 15.5. The zero-order valence-electron chi connectivity index (χ0n) is 13.2. The molecule has 1 amide bonds. The average Bonchev–Trinajstić information content (AvgIpc) is 2.93. The van der Waals surface area contributed by atoms with Crippen LogP contribution in [0.1, 0.15) is 9.67 Å². The molecular weight excluding hydrogens is 401 g/mol. The molecule has 0 spiro atoms. The van der Waals surface area contributed by atoms with E-state index in [9.17, 15) is 9.59 Å². The molecule has 0 unspecified atom stereocenters. The van der Waals surface area contributed by atoms with Crippen LogP contribution in [0, 0.1) is 0 Å². The number of fused-ring (bicyclic) bond motifs is 1. The largest absolute Gasteiger partial charge is 0.412 e. The van der Waals surface area contributed by atoms with E-state index in [1.165, 1.54) is 0 Å². The standard InChI is InChI=1S/C15H11Cl2N5O3S/c1-20-15-21-10(5-2-3-6(16)7(17)4-5)8-9(18)11(26-12(8)22-15)13(23)25-14(19)24/h2-4H,18H2,1H3,(H2,19,24)(H,20,21,22). The second-order valence-electron chi connectivity index (χ2n) is 5.01. The highest BCUT2D eigenvalue weighted by molar-refractivity contribution is 7.21. The summed E-state index contributed by atoms with van der Waals surface area (Å²) < 4.78 is 4.41. The van der Waals surface area contributed by atoms with E-state index in [-0.39, 0.29) is 10.6 Å². The van der Waals surface area contributed by atoms with Crippen molar-refractivity contribution >= 4 is 68.5 Å². The number of thiophene rings is 1. The van der Waals surface area contributed by atoms with E-state index in [2.05, 4.69) is 20.0 Å². The molecule has 0 saturated heterocycles. The number of carbonyl (C=O) groups excluding carboxylic acids is 2. The number of nitrogens with two attached hydrogens (primary N) is 2. The Morgan fingerprint density at radius 3 is 2.58 bits per heavy atom. The van der Waals surface area contributed by atoms with E-state index in [0.29, 0.717) is 37.5 Å². The van der Waals surface area contributed by atoms with Crippen molar-refractivity contribution in [1.82, 2.24) is 9.97 Å². The molecule has 26 heavy (non-hydrogen) atoms. The van der Waals surface area contributed by atoms with Crippen molar-refractivity contribution in [3.8, 4) is 11.3 Å². The molecule has 8 nitrogen and oxygen atoms in total. The van der Waals surface area contributed by atoms with E-state index >= 15 is 0 Å². The van der Waals surface area contributed by atoms with Crippen LogP contribution in [0.5, 0.6) is 0 Å². The minimum absolute atomic E-state index is 0.00247. The molecule has 0 aliphatic rings. The van der Waals surface area contributed by atoms with Gasteiger partial charge < -0.3 is 21.5 Å². The molecule has 0 radical (unpaired) electrons. The molecule has 3 aromatic rings. The molecule has 0 aliphatic carbocycles. The van der Waals surface area contributed by atoms with Gasteiger partial charge in [-0.05, 0) is 12.1 Å². The van der Waals surface area contributed by atoms with Gasteiger partial charge in [-0.3, -0.25) is 0 Å². The highest BCUT2D eigenvalue weighted by atomic mass is 35.5. The van der Waals surface area contributed by atoms with Gasteiger partial charge in [-0.1, -0.05) is 29.3 Å². The van der Waals surface area contributed by atoms with Gasteiger partial charge in [-0.25, -0.2) is 19.6 Å². The summed E-state index contributed by atoms with van der Waals surface area (Å²) in [5.74, 6) is -0.640. The summed E-state index contributed by atoms with van der Waals surface area (Å²) in [4.78, 5) is 32.0. The molecule has 0 fully saturated rings. The Bertz CT molecular complexity index is 1050. The number of carbonyl (C=O) groups is 2. The van der Waals surface area contributed by atoms with E-state index in [0.717, 1.165) is 11.3 Å². The fourth-order valence-corrected chi connectivity index (χ4v) is 3.54. The molecule has 0 atom stereocenters. The van der Waals surface area contributed by atoms with Crippen molar-refractivity contribution in [2.24, 2.45) is 5.73 Å². The molecule has 11 heteroatoms. The van der Waals surface area contributed by atoms with Crippen LogP contribution in [-0.2, 0) is 4.74 Å². The minimum Gasteiger partial charge on any atom is -0.397 e. The van der Waals surface area contributed by atoms with Crippen LogP contribution in [0.3, 0.4) is 0 Å². The molecule has 0 aliphatic heterocycles. The first-order valence-electron chi connectivity index (χ1n) is 7.06. The number of ether oxygens (including phenoxy) is 1. The molecule has 1 aromatic carbocycles. The lowest BCUT2D eigenvalue weighted by Gasteiger charge is -2.08. The first-order valence-corrected chi connectivity index (χ1v) is 8.63. The molecule has 3 rings (SSSR count). The first-order chi connectivity index (χ1) is 12.3. The quantitative estimate of drug-likeness (QED) is 0.443. The van der Waals surface area contributed by atoms with Gasteiger partial charge in [0.05, 0.1) is 26.8 Å². The number of esters is 1. The third-order valence-electron chi connectivity index (χ3n) is 3.38. The number of hydrogen-bond donors (Lipinski definition) is 3. The molecule has 2 aromatic heterocycles. The van der Waals surface area contributed by atoms with E-state index in [4.69, 9.17) is 34.7 Å². The fraction of sp³-hybridized carbons (Fsp3) is 0.0667. The lowest BCUT2D eigenvalue weighted by atomic mass is 10.1. The number of amides is 1. The van der Waals surface area contributed by atoms with Gasteiger partial charge in [-0.15, -0.1) is 11.3 Å². The predicted molar refractivity (Wildman–Crippen MR) is 102 cm³/mol. The van der Waals surface area contributed by atoms with Crippen molar-refractivity contribution < 1.29 is 14.3 Å². The topological polar surface area (TPSA) is 133 Å². The lowest BCUT2D eigenvalue weighted by Crippen LogP contribution is -2.18. The number of nitrogens with zero attached hydrogens (tertiary/aromatic N) is 2. The van der Waals surface area contributed by atoms with E-state index < -0.39 is 12.1 Å². The van der Waals surface area contributed by atoms with E-state index in [1.807, 2.05) is 0 Å². The van der Waals surface area contributed by atoms with Gasteiger partial charge in [0.2, 0.25) is 5.95 Å². The zero-order chi connectivity index (χ0) is 19.0. The maximum absolute atomic E-state index is 12.1. The molecule has 134 valence electrons. The van der Waals surface area contributed by atoms with Crippen molar-refractivity contribution in [2.45, 2.75) is 0 Å². The van der Waals surface area contributed by atoms with Gasteiger partial charge in [-0.2, -0.15) is 0 Å². The van der Waals surface area contributed by atoms with Crippen LogP contribution in [-0.4, -0.2) is 29.1 Å². The Morgan fingerprint density at radius 2 is 1.96 bits per heavy atom. The molecule has 0 saturated carbocycles. The summed E-state index contributed by atoms with van der Waals surface area (Å²) in [6.45, 7) is 0. The Labute approximate surface area is 161 Å². The molecule has 0 bridgehead atoms. The van der Waals surface area contributed by atoms with Crippen molar-refractivity contribution in [3.05, 3.63) is 33.1 Å². The first kappa shape index (κ1) is 18.2. The number of primary amides is 1. The van der Waals surface area contributed by atoms with Crippen molar-refractivity contribution in [2.75, 3.05) is 18.1 Å². The van der Waals surface area contributed by atoms with Crippen LogP contribution in [0.25, 0.3) is 21.5 Å². The Morgan fingerprint density at radius 1 is 1.23 bits per heavy atom. The number of aromatic nitrogens is 2. The third-order valence-corrected chi connectivity index (χ3v) is 5.20. The smallest absolute Gasteiger partial charge is 0.397 e. The van der Waals surface area contributed by atoms with Gasteiger partial charge in [0.15, 0.2) is 0 Å². The maximum atomic E-state index is 12.1. The summed E-state index contributed by atoms with van der Waals surface area (Å²) in [7, 11) is 1.65. The summed E-state index contributed by atoms with van der Waals surface area (Å²) >= 11 is 13.0.